The van der Waals surface area contributed by atoms with E-state index in [0.717, 1.165) is 51.5 Å². The third-order valence-corrected chi connectivity index (χ3v) is 6.01. The topological polar surface area (TPSA) is 74.5 Å². The lowest BCUT2D eigenvalue weighted by Gasteiger charge is -2.37. The fraction of sp³-hybridized carbons (Fsp3) is 0.842. The maximum Gasteiger partial charge on any atom is 0.243 e. The van der Waals surface area contributed by atoms with Gasteiger partial charge in [0.25, 0.3) is 0 Å². The van der Waals surface area contributed by atoms with Crippen LogP contribution in [-0.4, -0.2) is 65.1 Å². The zero-order chi connectivity index (χ0) is 18.5. The Labute approximate surface area is 156 Å². The van der Waals surface area contributed by atoms with Gasteiger partial charge < -0.3 is 14.7 Å². The van der Waals surface area contributed by atoms with E-state index >= 15 is 0 Å². The summed E-state index contributed by atoms with van der Waals surface area (Å²) in [7, 11) is 0. The lowest BCUT2D eigenvalue weighted by molar-refractivity contribution is -0.134. The highest BCUT2D eigenvalue weighted by Gasteiger charge is 2.29. The van der Waals surface area contributed by atoms with E-state index in [-0.39, 0.29) is 6.04 Å². The van der Waals surface area contributed by atoms with Crippen LogP contribution in [0.2, 0.25) is 0 Å². The lowest BCUT2D eigenvalue weighted by atomic mass is 9.85. The second kappa shape index (κ2) is 8.95. The number of aryl methyl sites for hydroxylation is 1. The minimum Gasteiger partial charge on any atom is -0.340 e. The number of nitrogens with one attached hydrogen (secondary N) is 1. The fourth-order valence-electron chi connectivity index (χ4n) is 4.03. The van der Waals surface area contributed by atoms with Gasteiger partial charge in [-0.15, -0.1) is 0 Å². The van der Waals surface area contributed by atoms with Crippen LogP contribution in [0.4, 0.5) is 0 Å². The molecule has 1 amide bonds. The molecule has 1 aromatic heterocycles. The number of hydrogen-bond acceptors (Lipinski definition) is 6. The van der Waals surface area contributed by atoms with Gasteiger partial charge in [-0.25, -0.2) is 0 Å². The predicted molar refractivity (Wildman–Crippen MR) is 99.6 cm³/mol. The van der Waals surface area contributed by atoms with Crippen molar-refractivity contribution in [2.75, 3.05) is 39.3 Å². The molecule has 2 fully saturated rings. The number of hydrogen-bond donors (Lipinski definition) is 1. The highest BCUT2D eigenvalue weighted by atomic mass is 16.5. The third-order valence-electron chi connectivity index (χ3n) is 6.01. The van der Waals surface area contributed by atoms with Gasteiger partial charge in [0, 0.05) is 39.0 Å². The van der Waals surface area contributed by atoms with Crippen molar-refractivity contribution in [2.45, 2.75) is 52.5 Å². The van der Waals surface area contributed by atoms with Gasteiger partial charge in [0.05, 0.1) is 6.04 Å². The number of nitrogens with zero attached hydrogens (tertiary/aromatic N) is 4. The van der Waals surface area contributed by atoms with E-state index in [2.05, 4.69) is 34.2 Å². The fourth-order valence-corrected chi connectivity index (χ4v) is 4.03. The molecule has 7 heteroatoms. The van der Waals surface area contributed by atoms with Gasteiger partial charge in [-0.1, -0.05) is 19.0 Å². The van der Waals surface area contributed by atoms with Gasteiger partial charge in [-0.3, -0.25) is 9.69 Å². The molecule has 3 heterocycles. The van der Waals surface area contributed by atoms with E-state index in [1.807, 2.05) is 11.8 Å². The van der Waals surface area contributed by atoms with Crippen molar-refractivity contribution in [1.29, 1.82) is 0 Å². The van der Waals surface area contributed by atoms with E-state index in [0.29, 0.717) is 30.1 Å². The molecule has 1 N–H and O–H groups in total. The standard InChI is InChI=1S/C19H33N5O2/c1-4-17-21-19(26-22-17)15(3)23-8-10-24(11-9-23)18(25)12-14(2)16-6-5-7-20-13-16/h14-16,20H,4-13H2,1-3H3. The summed E-state index contributed by atoms with van der Waals surface area (Å²) in [4.78, 5) is 21.5. The van der Waals surface area contributed by atoms with Crippen molar-refractivity contribution in [3.63, 3.8) is 0 Å². The van der Waals surface area contributed by atoms with Gasteiger partial charge in [0.2, 0.25) is 11.8 Å². The van der Waals surface area contributed by atoms with E-state index < -0.39 is 0 Å². The molecule has 2 aliphatic rings. The van der Waals surface area contributed by atoms with E-state index in [1.165, 1.54) is 12.8 Å². The van der Waals surface area contributed by atoms with E-state index in [1.54, 1.807) is 0 Å². The molecule has 3 atom stereocenters. The zero-order valence-electron chi connectivity index (χ0n) is 16.4. The van der Waals surface area contributed by atoms with Gasteiger partial charge in [0.1, 0.15) is 0 Å². The Balaban J connectivity index is 1.45. The van der Waals surface area contributed by atoms with Crippen LogP contribution in [0, 0.1) is 11.8 Å². The predicted octanol–water partition coefficient (Wildman–Crippen LogP) is 1.86. The Morgan fingerprint density at radius 1 is 1.31 bits per heavy atom. The van der Waals surface area contributed by atoms with Gasteiger partial charge in [0.15, 0.2) is 5.82 Å². The van der Waals surface area contributed by atoms with Crippen LogP contribution in [0.15, 0.2) is 4.52 Å². The summed E-state index contributed by atoms with van der Waals surface area (Å²) in [6.45, 7) is 11.8. The number of aromatic nitrogens is 2. The largest absolute Gasteiger partial charge is 0.340 e. The minimum absolute atomic E-state index is 0.104. The molecule has 0 aliphatic carbocycles. The molecule has 0 saturated carbocycles. The summed E-state index contributed by atoms with van der Waals surface area (Å²) in [5.74, 6) is 2.84. The van der Waals surface area contributed by atoms with Crippen molar-refractivity contribution in [3.05, 3.63) is 11.7 Å². The number of carbonyl (C=O) groups is 1. The summed E-state index contributed by atoms with van der Waals surface area (Å²) in [6.07, 6.45) is 3.93. The normalized spacial score (nSPS) is 24.4. The maximum absolute atomic E-state index is 12.7. The highest BCUT2D eigenvalue weighted by molar-refractivity contribution is 5.76. The summed E-state index contributed by atoms with van der Waals surface area (Å²) >= 11 is 0. The Bertz CT molecular complexity index is 576. The van der Waals surface area contributed by atoms with Gasteiger partial charge in [-0.2, -0.15) is 4.98 Å². The number of rotatable bonds is 6. The number of amides is 1. The lowest BCUT2D eigenvalue weighted by Crippen LogP contribution is -2.49. The molecule has 3 unspecified atom stereocenters. The summed E-state index contributed by atoms with van der Waals surface area (Å²) < 4.78 is 5.38. The first-order valence-corrected chi connectivity index (χ1v) is 10.1. The second-order valence-corrected chi connectivity index (χ2v) is 7.78. The molecule has 26 heavy (non-hydrogen) atoms. The Kier molecular flexibility index (Phi) is 6.64. The Morgan fingerprint density at radius 3 is 2.69 bits per heavy atom. The number of piperidine rings is 1. The van der Waals surface area contributed by atoms with Crippen molar-refractivity contribution in [1.82, 2.24) is 25.3 Å². The molecule has 3 rings (SSSR count). The van der Waals surface area contributed by atoms with Crippen molar-refractivity contribution in [2.24, 2.45) is 11.8 Å². The van der Waals surface area contributed by atoms with Crippen molar-refractivity contribution in [3.8, 4) is 0 Å². The minimum atomic E-state index is 0.104. The van der Waals surface area contributed by atoms with Crippen LogP contribution in [0.3, 0.4) is 0 Å². The first-order valence-electron chi connectivity index (χ1n) is 10.1. The number of piperazine rings is 1. The molecule has 1 aromatic rings. The molecule has 0 radical (unpaired) electrons. The Hall–Kier alpha value is -1.47. The zero-order valence-corrected chi connectivity index (χ0v) is 16.4. The third kappa shape index (κ3) is 4.62. The molecular weight excluding hydrogens is 330 g/mol. The van der Waals surface area contributed by atoms with Crippen LogP contribution >= 0.6 is 0 Å². The van der Waals surface area contributed by atoms with Crippen LogP contribution in [-0.2, 0) is 11.2 Å². The molecule has 0 spiro atoms. The quantitative estimate of drug-likeness (QED) is 0.832. The SMILES string of the molecule is CCc1noc(C(C)N2CCN(C(=O)CC(C)C3CCCNC3)CC2)n1. The molecular formula is C19H33N5O2. The monoisotopic (exact) mass is 363 g/mol. The summed E-state index contributed by atoms with van der Waals surface area (Å²) in [5.41, 5.74) is 0. The smallest absolute Gasteiger partial charge is 0.243 e. The van der Waals surface area contributed by atoms with E-state index in [4.69, 9.17) is 4.52 Å². The van der Waals surface area contributed by atoms with Crippen LogP contribution in [0.1, 0.15) is 57.8 Å². The van der Waals surface area contributed by atoms with E-state index in [9.17, 15) is 4.79 Å². The number of carbonyl (C=O) groups excluding carboxylic acids is 1. The molecule has 0 aromatic carbocycles. The second-order valence-electron chi connectivity index (χ2n) is 7.78. The van der Waals surface area contributed by atoms with Crippen molar-refractivity contribution >= 4 is 5.91 Å². The molecule has 2 saturated heterocycles. The first kappa shape index (κ1) is 19.3. The van der Waals surface area contributed by atoms with Crippen LogP contribution < -0.4 is 5.32 Å². The maximum atomic E-state index is 12.7. The van der Waals surface area contributed by atoms with Crippen molar-refractivity contribution < 1.29 is 9.32 Å². The summed E-state index contributed by atoms with van der Waals surface area (Å²) in [5, 5.41) is 7.45. The summed E-state index contributed by atoms with van der Waals surface area (Å²) in [6, 6.07) is 0.104. The average Bonchev–Trinajstić information content (AvgIpc) is 3.17. The first-order chi connectivity index (χ1) is 12.6. The average molecular weight is 364 g/mol. The van der Waals surface area contributed by atoms with Crippen LogP contribution in [0.25, 0.3) is 0 Å². The molecule has 146 valence electrons. The molecule has 2 aliphatic heterocycles. The highest BCUT2D eigenvalue weighted by Crippen LogP contribution is 2.24. The van der Waals surface area contributed by atoms with Crippen LogP contribution in [0.5, 0.6) is 0 Å². The van der Waals surface area contributed by atoms with Gasteiger partial charge in [-0.05, 0) is 44.7 Å². The molecule has 7 nitrogen and oxygen atoms in total. The molecule has 0 bridgehead atoms. The van der Waals surface area contributed by atoms with Gasteiger partial charge >= 0.3 is 0 Å². The Morgan fingerprint density at radius 2 is 2.08 bits per heavy atom.